The molecule has 0 saturated heterocycles. The van der Waals surface area contributed by atoms with Crippen LogP contribution in [0.1, 0.15) is 28.4 Å². The summed E-state index contributed by atoms with van der Waals surface area (Å²) < 4.78 is 0. The third-order valence-corrected chi connectivity index (χ3v) is 5.30. The number of amides is 1. The smallest absolute Gasteiger partial charge is 0.261 e. The van der Waals surface area contributed by atoms with Gasteiger partial charge in [0.2, 0.25) is 0 Å². The van der Waals surface area contributed by atoms with Crippen molar-refractivity contribution in [2.45, 2.75) is 12.5 Å². The number of pyridine rings is 1. The monoisotopic (exact) mass is 394 g/mol. The van der Waals surface area contributed by atoms with Crippen molar-refractivity contribution in [3.8, 4) is 11.3 Å². The summed E-state index contributed by atoms with van der Waals surface area (Å²) in [6.07, 6.45) is 0. The molecule has 0 atom stereocenters. The summed E-state index contributed by atoms with van der Waals surface area (Å²) in [6.45, 7) is 1.95. The Morgan fingerprint density at radius 3 is 1.73 bits per heavy atom. The van der Waals surface area contributed by atoms with Gasteiger partial charge >= 0.3 is 0 Å². The molecule has 4 rings (SSSR count). The Kier molecular flexibility index (Phi) is 5.31. The molecule has 0 radical (unpaired) electrons. The third-order valence-electron chi connectivity index (χ3n) is 5.30. The second-order valence-electron chi connectivity index (χ2n) is 7.29. The van der Waals surface area contributed by atoms with E-state index in [4.69, 9.17) is 0 Å². The highest BCUT2D eigenvalue weighted by atomic mass is 16.2. The van der Waals surface area contributed by atoms with Crippen molar-refractivity contribution in [1.82, 2.24) is 10.3 Å². The number of aromatic nitrogens is 1. The summed E-state index contributed by atoms with van der Waals surface area (Å²) in [5, 5.41) is 3.08. The van der Waals surface area contributed by atoms with Crippen LogP contribution >= 0.6 is 0 Å². The van der Waals surface area contributed by atoms with E-state index in [2.05, 4.69) is 10.3 Å². The predicted molar refractivity (Wildman–Crippen MR) is 119 cm³/mol. The van der Waals surface area contributed by atoms with Crippen LogP contribution in [0.4, 0.5) is 0 Å². The second-order valence-corrected chi connectivity index (χ2v) is 7.29. The number of carbonyl (C=O) groups excluding carboxylic acids is 1. The summed E-state index contributed by atoms with van der Waals surface area (Å²) in [4.78, 5) is 28.7. The van der Waals surface area contributed by atoms with Gasteiger partial charge in [-0.3, -0.25) is 9.59 Å². The first kappa shape index (κ1) is 19.4. The molecular weight excluding hydrogens is 372 g/mol. The molecule has 0 bridgehead atoms. The van der Waals surface area contributed by atoms with Crippen LogP contribution in [0.3, 0.4) is 0 Å². The zero-order valence-corrected chi connectivity index (χ0v) is 16.6. The van der Waals surface area contributed by atoms with Crippen LogP contribution in [0.25, 0.3) is 11.3 Å². The first-order valence-electron chi connectivity index (χ1n) is 9.80. The van der Waals surface area contributed by atoms with Crippen molar-refractivity contribution in [1.29, 1.82) is 0 Å². The Balaban J connectivity index is 1.69. The number of H-pyrrole nitrogens is 1. The molecule has 148 valence electrons. The molecule has 2 N–H and O–H groups in total. The van der Waals surface area contributed by atoms with Gasteiger partial charge in [0.05, 0.1) is 5.54 Å². The normalized spacial score (nSPS) is 11.1. The Morgan fingerprint density at radius 1 is 0.733 bits per heavy atom. The number of aromatic amines is 1. The van der Waals surface area contributed by atoms with Crippen LogP contribution in [-0.2, 0) is 5.54 Å². The van der Waals surface area contributed by atoms with Crippen molar-refractivity contribution >= 4 is 5.91 Å². The van der Waals surface area contributed by atoms with E-state index in [0.29, 0.717) is 5.69 Å². The van der Waals surface area contributed by atoms with Gasteiger partial charge in [0.15, 0.2) is 0 Å². The lowest BCUT2D eigenvalue weighted by atomic mass is 9.84. The molecular formula is C26H22N2O2. The summed E-state index contributed by atoms with van der Waals surface area (Å²) in [5.74, 6) is -0.425. The number of carbonyl (C=O) groups is 1. The Morgan fingerprint density at radius 2 is 1.23 bits per heavy atom. The minimum atomic E-state index is -0.788. The minimum Gasteiger partial charge on any atom is -0.339 e. The predicted octanol–water partition coefficient (Wildman–Crippen LogP) is 4.74. The summed E-state index contributed by atoms with van der Waals surface area (Å²) in [5.41, 5.74) is 2.30. The van der Waals surface area contributed by atoms with Crippen LogP contribution in [0.5, 0.6) is 0 Å². The Bertz CT molecular complexity index is 1160. The van der Waals surface area contributed by atoms with Crippen LogP contribution in [-0.4, -0.2) is 10.9 Å². The number of hydrogen-bond acceptors (Lipinski definition) is 2. The highest BCUT2D eigenvalue weighted by Gasteiger charge is 2.31. The topological polar surface area (TPSA) is 62.0 Å². The summed E-state index contributed by atoms with van der Waals surface area (Å²) >= 11 is 0. The third kappa shape index (κ3) is 3.80. The zero-order chi connectivity index (χ0) is 21.0. The molecule has 0 unspecified atom stereocenters. The maximum absolute atomic E-state index is 13.1. The van der Waals surface area contributed by atoms with Gasteiger partial charge in [-0.1, -0.05) is 91.0 Å². The van der Waals surface area contributed by atoms with Gasteiger partial charge in [-0.2, -0.15) is 0 Å². The average Bonchev–Trinajstić information content (AvgIpc) is 2.80. The fraction of sp³-hybridized carbons (Fsp3) is 0.0769. The average molecular weight is 394 g/mol. The van der Waals surface area contributed by atoms with Gasteiger partial charge in [0.1, 0.15) is 5.56 Å². The number of rotatable bonds is 5. The Labute approximate surface area is 175 Å². The molecule has 1 amide bonds. The molecule has 0 spiro atoms. The molecule has 30 heavy (non-hydrogen) atoms. The summed E-state index contributed by atoms with van der Waals surface area (Å²) in [6, 6.07) is 32.4. The number of hydrogen-bond donors (Lipinski definition) is 2. The van der Waals surface area contributed by atoms with E-state index < -0.39 is 17.0 Å². The van der Waals surface area contributed by atoms with Gasteiger partial charge in [-0.15, -0.1) is 0 Å². The second kappa shape index (κ2) is 8.21. The van der Waals surface area contributed by atoms with Gasteiger partial charge in [-0.05, 0) is 35.7 Å². The molecule has 0 aliphatic carbocycles. The zero-order valence-electron chi connectivity index (χ0n) is 16.6. The SMILES string of the molecule is CC(NC(=O)c1ccc(-c2ccccc2)[nH]c1=O)(c1ccccc1)c1ccccc1. The molecule has 0 aliphatic heterocycles. The van der Waals surface area contributed by atoms with Crippen LogP contribution in [0.2, 0.25) is 0 Å². The number of benzene rings is 3. The van der Waals surface area contributed by atoms with E-state index in [1.54, 1.807) is 12.1 Å². The molecule has 4 heteroatoms. The molecule has 0 fully saturated rings. The van der Waals surface area contributed by atoms with Gasteiger partial charge < -0.3 is 10.3 Å². The van der Waals surface area contributed by atoms with Gasteiger partial charge in [0.25, 0.3) is 11.5 Å². The molecule has 3 aromatic carbocycles. The fourth-order valence-electron chi connectivity index (χ4n) is 3.59. The van der Waals surface area contributed by atoms with Gasteiger partial charge in [-0.25, -0.2) is 0 Å². The Hall–Kier alpha value is -3.92. The molecule has 0 saturated carbocycles. The fourth-order valence-corrected chi connectivity index (χ4v) is 3.59. The molecule has 0 aliphatic rings. The quantitative estimate of drug-likeness (QED) is 0.514. The lowest BCUT2D eigenvalue weighted by Gasteiger charge is -2.32. The molecule has 1 heterocycles. The maximum atomic E-state index is 13.1. The number of nitrogens with one attached hydrogen (secondary N) is 2. The van der Waals surface area contributed by atoms with E-state index in [1.165, 1.54) is 0 Å². The maximum Gasteiger partial charge on any atom is 0.261 e. The molecule has 4 aromatic rings. The largest absolute Gasteiger partial charge is 0.339 e. The van der Waals surface area contributed by atoms with Crippen LogP contribution < -0.4 is 10.9 Å². The molecule has 4 nitrogen and oxygen atoms in total. The van der Waals surface area contributed by atoms with Gasteiger partial charge in [0, 0.05) is 5.69 Å². The highest BCUT2D eigenvalue weighted by molar-refractivity contribution is 5.95. The van der Waals surface area contributed by atoms with Crippen molar-refractivity contribution in [3.63, 3.8) is 0 Å². The highest BCUT2D eigenvalue weighted by Crippen LogP contribution is 2.29. The van der Waals surface area contributed by atoms with Crippen molar-refractivity contribution < 1.29 is 4.79 Å². The standard InChI is InChI=1S/C26H22N2O2/c1-26(20-13-7-3-8-14-20,21-15-9-4-10-16-21)28-25(30)22-17-18-23(27-24(22)29)19-11-5-2-6-12-19/h2-18H,1H3,(H,27,29)(H,28,30). The van der Waals surface area contributed by atoms with E-state index in [1.807, 2.05) is 97.9 Å². The van der Waals surface area contributed by atoms with Crippen LogP contribution in [0.15, 0.2) is 108 Å². The van der Waals surface area contributed by atoms with Crippen molar-refractivity contribution in [2.75, 3.05) is 0 Å². The molecule has 1 aromatic heterocycles. The van der Waals surface area contributed by atoms with E-state index in [-0.39, 0.29) is 5.56 Å². The van der Waals surface area contributed by atoms with E-state index >= 15 is 0 Å². The van der Waals surface area contributed by atoms with E-state index in [0.717, 1.165) is 16.7 Å². The van der Waals surface area contributed by atoms with Crippen molar-refractivity contribution in [3.05, 3.63) is 130 Å². The first-order chi connectivity index (χ1) is 14.6. The minimum absolute atomic E-state index is 0.0766. The summed E-state index contributed by atoms with van der Waals surface area (Å²) in [7, 11) is 0. The lowest BCUT2D eigenvalue weighted by molar-refractivity contribution is 0.0917. The van der Waals surface area contributed by atoms with Crippen LogP contribution in [0, 0.1) is 0 Å². The van der Waals surface area contributed by atoms with Crippen molar-refractivity contribution in [2.24, 2.45) is 0 Å². The first-order valence-corrected chi connectivity index (χ1v) is 9.80. The lowest BCUT2D eigenvalue weighted by Crippen LogP contribution is -2.45. The van der Waals surface area contributed by atoms with E-state index in [9.17, 15) is 9.59 Å².